The molecule has 4 nitrogen and oxygen atoms in total. The van der Waals surface area contributed by atoms with Gasteiger partial charge in [0.25, 0.3) is 5.91 Å². The molecule has 0 bridgehead atoms. The van der Waals surface area contributed by atoms with E-state index in [0.717, 1.165) is 4.70 Å². The van der Waals surface area contributed by atoms with Gasteiger partial charge in [-0.25, -0.2) is 4.98 Å². The number of carbonyl (C=O) groups is 1. The van der Waals surface area contributed by atoms with E-state index in [0.29, 0.717) is 26.4 Å². The van der Waals surface area contributed by atoms with Gasteiger partial charge >= 0.3 is 0 Å². The van der Waals surface area contributed by atoms with E-state index < -0.39 is 0 Å². The average Bonchev–Trinajstić information content (AvgIpc) is 2.99. The minimum atomic E-state index is -0.286. The molecule has 0 spiro atoms. The lowest BCUT2D eigenvalue weighted by Crippen LogP contribution is -2.20. The van der Waals surface area contributed by atoms with Crippen LogP contribution in [0.4, 0.5) is 5.13 Å². The first-order chi connectivity index (χ1) is 12.2. The quantitative estimate of drug-likeness (QED) is 0.582. The van der Waals surface area contributed by atoms with E-state index in [9.17, 15) is 4.79 Å². The molecule has 0 saturated carbocycles. The summed E-state index contributed by atoms with van der Waals surface area (Å²) in [6.07, 6.45) is 0. The Labute approximate surface area is 166 Å². The fourth-order valence-electron chi connectivity index (χ4n) is 2.35. The van der Waals surface area contributed by atoms with Gasteiger partial charge in [-0.05, 0) is 35.2 Å². The van der Waals surface area contributed by atoms with Crippen LogP contribution in [0.3, 0.4) is 0 Å². The topological polar surface area (TPSA) is 51.2 Å². The number of ether oxygens (including phenoxy) is 1. The molecule has 3 aromatic rings. The van der Waals surface area contributed by atoms with Crippen LogP contribution >= 0.6 is 34.5 Å². The molecule has 0 atom stereocenters. The lowest BCUT2D eigenvalue weighted by atomic mass is 9.87. The summed E-state index contributed by atoms with van der Waals surface area (Å²) >= 11 is 13.5. The number of hydrogen-bond donors (Lipinski definition) is 1. The van der Waals surface area contributed by atoms with Gasteiger partial charge in [-0.1, -0.05) is 67.4 Å². The molecule has 26 heavy (non-hydrogen) atoms. The third-order valence-electron chi connectivity index (χ3n) is 3.79. The van der Waals surface area contributed by atoms with Crippen molar-refractivity contribution in [2.45, 2.75) is 26.2 Å². The van der Waals surface area contributed by atoms with E-state index in [4.69, 9.17) is 27.9 Å². The summed E-state index contributed by atoms with van der Waals surface area (Å²) in [4.78, 5) is 16.4. The third kappa shape index (κ3) is 4.29. The highest BCUT2D eigenvalue weighted by atomic mass is 35.5. The van der Waals surface area contributed by atoms with Crippen LogP contribution in [0.5, 0.6) is 5.75 Å². The number of amides is 1. The van der Waals surface area contributed by atoms with Crippen LogP contribution in [-0.2, 0) is 10.2 Å². The van der Waals surface area contributed by atoms with Crippen LogP contribution < -0.4 is 10.1 Å². The van der Waals surface area contributed by atoms with Gasteiger partial charge in [0.1, 0.15) is 11.3 Å². The van der Waals surface area contributed by atoms with E-state index >= 15 is 0 Å². The van der Waals surface area contributed by atoms with Crippen molar-refractivity contribution in [3.05, 3.63) is 52.0 Å². The van der Waals surface area contributed by atoms with Gasteiger partial charge in [0.15, 0.2) is 11.7 Å². The Balaban J connectivity index is 1.62. The molecule has 0 radical (unpaired) electrons. The highest BCUT2D eigenvalue weighted by Gasteiger charge is 2.14. The van der Waals surface area contributed by atoms with Crippen molar-refractivity contribution in [3.63, 3.8) is 0 Å². The highest BCUT2D eigenvalue weighted by molar-refractivity contribution is 7.22. The summed E-state index contributed by atoms with van der Waals surface area (Å²) in [6, 6.07) is 11.3. The Kier molecular flexibility index (Phi) is 5.42. The number of nitrogens with zero attached hydrogens (tertiary/aromatic N) is 1. The molecule has 136 valence electrons. The summed E-state index contributed by atoms with van der Waals surface area (Å²) < 4.78 is 6.40. The normalized spacial score (nSPS) is 11.6. The van der Waals surface area contributed by atoms with E-state index in [-0.39, 0.29) is 17.9 Å². The number of benzene rings is 2. The minimum absolute atomic E-state index is 0.0763. The molecule has 7 heteroatoms. The van der Waals surface area contributed by atoms with E-state index in [1.165, 1.54) is 16.9 Å². The predicted molar refractivity (Wildman–Crippen MR) is 109 cm³/mol. The molecule has 0 unspecified atom stereocenters. The van der Waals surface area contributed by atoms with Crippen molar-refractivity contribution in [1.82, 2.24) is 4.98 Å². The molecule has 1 heterocycles. The van der Waals surface area contributed by atoms with Gasteiger partial charge < -0.3 is 4.74 Å². The Morgan fingerprint density at radius 3 is 2.50 bits per heavy atom. The predicted octanol–water partition coefficient (Wildman–Crippen LogP) is 5.92. The van der Waals surface area contributed by atoms with Gasteiger partial charge in [0, 0.05) is 0 Å². The summed E-state index contributed by atoms with van der Waals surface area (Å²) in [7, 11) is 0. The number of fused-ring (bicyclic) bond motifs is 1. The van der Waals surface area contributed by atoms with Crippen molar-refractivity contribution in [1.29, 1.82) is 0 Å². The molecule has 3 rings (SSSR count). The fourth-order valence-corrected chi connectivity index (χ4v) is 3.65. The first kappa shape index (κ1) is 19.0. The second kappa shape index (κ2) is 7.43. The number of halogens is 2. The van der Waals surface area contributed by atoms with E-state index in [1.807, 2.05) is 30.3 Å². The third-order valence-corrected chi connectivity index (χ3v) is 5.52. The average molecular weight is 409 g/mol. The van der Waals surface area contributed by atoms with Crippen LogP contribution in [0.1, 0.15) is 26.3 Å². The van der Waals surface area contributed by atoms with Crippen molar-refractivity contribution in [3.8, 4) is 5.75 Å². The number of aromatic nitrogens is 1. The second-order valence-electron chi connectivity index (χ2n) is 6.84. The summed E-state index contributed by atoms with van der Waals surface area (Å²) in [5, 5.41) is 4.00. The SMILES string of the molecule is CC(C)(C)c1ccc(OCC(=O)Nc2nc3c(Cl)c(Cl)ccc3s2)cc1. The standard InChI is InChI=1S/C19H18Cl2N2O2S/c1-19(2,3)11-4-6-12(7-5-11)25-10-15(24)22-18-23-17-14(26-18)9-8-13(20)16(17)21/h4-9H,10H2,1-3H3,(H,22,23,24). The number of nitrogens with one attached hydrogen (secondary N) is 1. The van der Waals surface area contributed by atoms with Gasteiger partial charge in [-0.2, -0.15) is 0 Å². The summed E-state index contributed by atoms with van der Waals surface area (Å²) in [5.74, 6) is 0.360. The maximum atomic E-state index is 12.1. The molecular weight excluding hydrogens is 391 g/mol. The Morgan fingerprint density at radius 1 is 1.15 bits per heavy atom. The lowest BCUT2D eigenvalue weighted by molar-refractivity contribution is -0.118. The van der Waals surface area contributed by atoms with Crippen LogP contribution in [-0.4, -0.2) is 17.5 Å². The molecular formula is C19H18Cl2N2O2S. The monoisotopic (exact) mass is 408 g/mol. The van der Waals surface area contributed by atoms with Gasteiger partial charge in [-0.3, -0.25) is 10.1 Å². The molecule has 0 aliphatic carbocycles. The maximum absolute atomic E-state index is 12.1. The number of carbonyl (C=O) groups excluding carboxylic acids is 1. The van der Waals surface area contributed by atoms with Crippen molar-refractivity contribution in [2.75, 3.05) is 11.9 Å². The number of rotatable bonds is 4. The van der Waals surface area contributed by atoms with Gasteiger partial charge in [0.2, 0.25) is 0 Å². The molecule has 0 fully saturated rings. The summed E-state index contributed by atoms with van der Waals surface area (Å²) in [5.41, 5.74) is 1.87. The molecule has 0 aliphatic rings. The second-order valence-corrected chi connectivity index (χ2v) is 8.65. The molecule has 1 amide bonds. The minimum Gasteiger partial charge on any atom is -0.484 e. The Bertz CT molecular complexity index is 947. The van der Waals surface area contributed by atoms with Crippen LogP contribution in [0.25, 0.3) is 10.2 Å². The molecule has 0 aliphatic heterocycles. The zero-order valence-electron chi connectivity index (χ0n) is 14.6. The van der Waals surface area contributed by atoms with E-state index in [2.05, 4.69) is 31.1 Å². The van der Waals surface area contributed by atoms with Crippen molar-refractivity contribution >= 4 is 55.8 Å². The first-order valence-electron chi connectivity index (χ1n) is 8.02. The molecule has 1 aromatic heterocycles. The molecule has 0 saturated heterocycles. The van der Waals surface area contributed by atoms with Gasteiger partial charge in [0.05, 0.1) is 14.7 Å². The Morgan fingerprint density at radius 2 is 1.85 bits per heavy atom. The van der Waals surface area contributed by atoms with Crippen LogP contribution in [0, 0.1) is 0 Å². The van der Waals surface area contributed by atoms with Crippen LogP contribution in [0.2, 0.25) is 10.0 Å². The zero-order valence-corrected chi connectivity index (χ0v) is 16.9. The number of hydrogen-bond acceptors (Lipinski definition) is 4. The molecule has 2 aromatic carbocycles. The maximum Gasteiger partial charge on any atom is 0.264 e. The van der Waals surface area contributed by atoms with E-state index in [1.54, 1.807) is 6.07 Å². The highest BCUT2D eigenvalue weighted by Crippen LogP contribution is 2.35. The van der Waals surface area contributed by atoms with Crippen molar-refractivity contribution < 1.29 is 9.53 Å². The zero-order chi connectivity index (χ0) is 18.9. The first-order valence-corrected chi connectivity index (χ1v) is 9.59. The molecule has 1 N–H and O–H groups in total. The van der Waals surface area contributed by atoms with Crippen molar-refractivity contribution in [2.24, 2.45) is 0 Å². The number of thiazole rings is 1. The summed E-state index contributed by atoms with van der Waals surface area (Å²) in [6.45, 7) is 6.34. The largest absolute Gasteiger partial charge is 0.484 e. The van der Waals surface area contributed by atoms with Crippen LogP contribution in [0.15, 0.2) is 36.4 Å². The number of anilines is 1. The smallest absolute Gasteiger partial charge is 0.264 e. The fraction of sp³-hybridized carbons (Fsp3) is 0.263. The van der Waals surface area contributed by atoms with Gasteiger partial charge in [-0.15, -0.1) is 0 Å². The lowest BCUT2D eigenvalue weighted by Gasteiger charge is -2.19. The Hall–Kier alpha value is -1.82.